The molecule has 19 heavy (non-hydrogen) atoms. The molecule has 1 aliphatic carbocycles. The number of aromatic nitrogens is 3. The fourth-order valence-electron chi connectivity index (χ4n) is 2.29. The zero-order valence-corrected chi connectivity index (χ0v) is 11.0. The summed E-state index contributed by atoms with van der Waals surface area (Å²) < 4.78 is 7.37. The molecule has 4 nitrogen and oxygen atoms in total. The van der Waals surface area contributed by atoms with Crippen molar-refractivity contribution in [3.8, 4) is 0 Å². The van der Waals surface area contributed by atoms with E-state index in [0.29, 0.717) is 17.7 Å². The first-order chi connectivity index (χ1) is 9.31. The fraction of sp³-hybridized carbons (Fsp3) is 0.286. The molecule has 0 bridgehead atoms. The van der Waals surface area contributed by atoms with Gasteiger partial charge in [0.15, 0.2) is 11.0 Å². The lowest BCUT2D eigenvalue weighted by Gasteiger charge is -1.99. The molecule has 0 radical (unpaired) electrons. The zero-order chi connectivity index (χ0) is 12.8. The van der Waals surface area contributed by atoms with Gasteiger partial charge in [-0.15, -0.1) is 0 Å². The van der Waals surface area contributed by atoms with Gasteiger partial charge in [0.1, 0.15) is 11.9 Å². The third kappa shape index (κ3) is 1.92. The Kier molecular flexibility index (Phi) is 2.38. The Balaban J connectivity index is 1.71. The molecule has 0 spiro atoms. The summed E-state index contributed by atoms with van der Waals surface area (Å²) in [7, 11) is 0. The van der Waals surface area contributed by atoms with Crippen LogP contribution in [0.1, 0.15) is 30.1 Å². The van der Waals surface area contributed by atoms with Crippen molar-refractivity contribution < 1.29 is 4.42 Å². The first kappa shape index (κ1) is 11.1. The highest BCUT2D eigenvalue weighted by Gasteiger charge is 2.27. The van der Waals surface area contributed by atoms with Crippen molar-refractivity contribution in [1.82, 2.24) is 14.8 Å². The molecule has 2 heterocycles. The number of hydrogen-bond acceptors (Lipinski definition) is 3. The Morgan fingerprint density at radius 1 is 1.32 bits per heavy atom. The smallest absolute Gasteiger partial charge is 0.199 e. The van der Waals surface area contributed by atoms with Gasteiger partial charge in [0.2, 0.25) is 0 Å². The number of rotatable bonds is 3. The summed E-state index contributed by atoms with van der Waals surface area (Å²) in [4.78, 5) is 4.35. The van der Waals surface area contributed by atoms with Crippen molar-refractivity contribution >= 4 is 22.6 Å². The largest absolute Gasteiger partial charge is 0.444 e. The van der Waals surface area contributed by atoms with Gasteiger partial charge in [0.25, 0.3) is 0 Å². The van der Waals surface area contributed by atoms with Gasteiger partial charge in [0, 0.05) is 16.9 Å². The van der Waals surface area contributed by atoms with E-state index >= 15 is 0 Å². The normalized spacial score (nSPS) is 15.2. The number of nitrogens with zero attached hydrogens (tertiary/aromatic N) is 3. The second-order valence-corrected chi connectivity index (χ2v) is 5.27. The van der Waals surface area contributed by atoms with Gasteiger partial charge in [0.05, 0.1) is 6.54 Å². The highest BCUT2D eigenvalue weighted by atomic mass is 35.5. The molecule has 0 atom stereocenters. The van der Waals surface area contributed by atoms with E-state index in [1.807, 2.05) is 28.9 Å². The van der Waals surface area contributed by atoms with Crippen LogP contribution in [0.25, 0.3) is 11.0 Å². The van der Waals surface area contributed by atoms with Gasteiger partial charge in [-0.05, 0) is 30.5 Å². The Morgan fingerprint density at radius 3 is 3.00 bits per heavy atom. The van der Waals surface area contributed by atoms with Crippen molar-refractivity contribution in [3.05, 3.63) is 47.2 Å². The van der Waals surface area contributed by atoms with E-state index in [1.165, 1.54) is 12.8 Å². The molecule has 1 saturated carbocycles. The quantitative estimate of drug-likeness (QED) is 0.732. The Morgan fingerprint density at radius 2 is 2.16 bits per heavy atom. The number of halogens is 1. The van der Waals surface area contributed by atoms with Crippen LogP contribution in [0.2, 0.25) is 5.22 Å². The summed E-state index contributed by atoms with van der Waals surface area (Å²) in [6, 6.07) is 7.85. The number of fused-ring (bicyclic) bond motifs is 1. The molecule has 0 unspecified atom stereocenters. The molecular formula is C14H12ClN3O. The Labute approximate surface area is 115 Å². The summed E-state index contributed by atoms with van der Waals surface area (Å²) in [5, 5.41) is 5.97. The number of para-hydroxylation sites is 1. The summed E-state index contributed by atoms with van der Waals surface area (Å²) in [6.07, 6.45) is 4.19. The Hall–Kier alpha value is -1.81. The van der Waals surface area contributed by atoms with Gasteiger partial charge in [-0.3, -0.25) is 0 Å². The third-order valence-electron chi connectivity index (χ3n) is 3.47. The minimum absolute atomic E-state index is 0.435. The molecule has 0 aliphatic heterocycles. The van der Waals surface area contributed by atoms with Crippen LogP contribution in [0.3, 0.4) is 0 Å². The van der Waals surface area contributed by atoms with E-state index in [-0.39, 0.29) is 0 Å². The molecule has 1 fully saturated rings. The lowest BCUT2D eigenvalue weighted by molar-refractivity contribution is 0.601. The first-order valence-electron chi connectivity index (χ1n) is 6.36. The van der Waals surface area contributed by atoms with Crippen molar-refractivity contribution in [2.24, 2.45) is 0 Å². The SMILES string of the molecule is Clc1oc2ccccc2c1Cn1cnc(C2CC2)n1. The van der Waals surface area contributed by atoms with Crippen molar-refractivity contribution in [2.75, 3.05) is 0 Å². The van der Waals surface area contributed by atoms with Crippen LogP contribution < -0.4 is 0 Å². The predicted molar refractivity (Wildman–Crippen MR) is 72.3 cm³/mol. The van der Waals surface area contributed by atoms with Crippen LogP contribution in [0.4, 0.5) is 0 Å². The third-order valence-corrected chi connectivity index (χ3v) is 3.77. The van der Waals surface area contributed by atoms with Gasteiger partial charge >= 0.3 is 0 Å². The van der Waals surface area contributed by atoms with E-state index in [2.05, 4.69) is 10.1 Å². The topological polar surface area (TPSA) is 43.9 Å². The molecule has 1 aromatic carbocycles. The first-order valence-corrected chi connectivity index (χ1v) is 6.74. The molecule has 0 amide bonds. The van der Waals surface area contributed by atoms with Gasteiger partial charge < -0.3 is 4.42 Å². The van der Waals surface area contributed by atoms with Crippen LogP contribution in [-0.4, -0.2) is 14.8 Å². The zero-order valence-electron chi connectivity index (χ0n) is 10.2. The molecule has 4 rings (SSSR count). The lowest BCUT2D eigenvalue weighted by atomic mass is 10.2. The van der Waals surface area contributed by atoms with Gasteiger partial charge in [-0.25, -0.2) is 9.67 Å². The monoisotopic (exact) mass is 273 g/mol. The van der Waals surface area contributed by atoms with E-state index < -0.39 is 0 Å². The molecule has 2 aromatic heterocycles. The predicted octanol–water partition coefficient (Wildman–Crippen LogP) is 3.60. The van der Waals surface area contributed by atoms with Gasteiger partial charge in [-0.1, -0.05) is 18.2 Å². The molecule has 0 N–H and O–H groups in total. The minimum atomic E-state index is 0.435. The fourth-order valence-corrected chi connectivity index (χ4v) is 2.54. The maximum Gasteiger partial charge on any atom is 0.199 e. The molecule has 0 saturated heterocycles. The van der Waals surface area contributed by atoms with Crippen LogP contribution in [-0.2, 0) is 6.54 Å². The number of hydrogen-bond donors (Lipinski definition) is 0. The van der Waals surface area contributed by atoms with Crippen molar-refractivity contribution in [1.29, 1.82) is 0 Å². The van der Waals surface area contributed by atoms with Gasteiger partial charge in [-0.2, -0.15) is 5.10 Å². The van der Waals surface area contributed by atoms with E-state index in [1.54, 1.807) is 6.33 Å². The maximum absolute atomic E-state index is 6.17. The van der Waals surface area contributed by atoms with Crippen molar-refractivity contribution in [3.63, 3.8) is 0 Å². The van der Waals surface area contributed by atoms with Crippen LogP contribution in [0.5, 0.6) is 0 Å². The Bertz CT molecular complexity index is 742. The van der Waals surface area contributed by atoms with Crippen LogP contribution in [0, 0.1) is 0 Å². The van der Waals surface area contributed by atoms with Crippen molar-refractivity contribution in [2.45, 2.75) is 25.3 Å². The standard InChI is InChI=1S/C14H12ClN3O/c15-13-11(10-3-1-2-4-12(10)19-13)7-18-8-16-14(17-18)9-5-6-9/h1-4,8-9H,5-7H2. The highest BCUT2D eigenvalue weighted by Crippen LogP contribution is 2.38. The second kappa shape index (κ2) is 4.10. The molecule has 1 aliphatic rings. The van der Waals surface area contributed by atoms with E-state index in [4.69, 9.17) is 16.0 Å². The van der Waals surface area contributed by atoms with E-state index in [0.717, 1.165) is 22.4 Å². The van der Waals surface area contributed by atoms with E-state index in [9.17, 15) is 0 Å². The molecule has 5 heteroatoms. The maximum atomic E-state index is 6.17. The van der Waals surface area contributed by atoms with Crippen LogP contribution in [0.15, 0.2) is 35.0 Å². The number of furan rings is 1. The summed E-state index contributed by atoms with van der Waals surface area (Å²) in [6.45, 7) is 0.593. The average Bonchev–Trinajstić information content (AvgIpc) is 3.09. The summed E-state index contributed by atoms with van der Waals surface area (Å²) >= 11 is 6.17. The lowest BCUT2D eigenvalue weighted by Crippen LogP contribution is -2.00. The molecule has 3 aromatic rings. The number of benzene rings is 1. The molecular weight excluding hydrogens is 262 g/mol. The summed E-state index contributed by atoms with van der Waals surface area (Å²) in [5.41, 5.74) is 1.77. The molecule has 96 valence electrons. The average molecular weight is 274 g/mol. The summed E-state index contributed by atoms with van der Waals surface area (Å²) in [5.74, 6) is 1.52. The highest BCUT2D eigenvalue weighted by molar-refractivity contribution is 6.30. The minimum Gasteiger partial charge on any atom is -0.444 e. The second-order valence-electron chi connectivity index (χ2n) is 4.93. The van der Waals surface area contributed by atoms with Crippen LogP contribution >= 0.6 is 11.6 Å².